The van der Waals surface area contributed by atoms with E-state index in [2.05, 4.69) is 43.9 Å². The van der Waals surface area contributed by atoms with Crippen LogP contribution < -0.4 is 9.64 Å². The predicted octanol–water partition coefficient (Wildman–Crippen LogP) is 7.11. The maximum atomic E-state index is 12.7. The second-order valence-corrected chi connectivity index (χ2v) is 14.2. The van der Waals surface area contributed by atoms with Gasteiger partial charge < -0.3 is 29.0 Å². The lowest BCUT2D eigenvalue weighted by atomic mass is 9.92. The zero-order valence-electron chi connectivity index (χ0n) is 28.7. The smallest absolute Gasteiger partial charge is 0.337 e. The standard InChI is InChI=1S/C36H52N4O6/c1-8-11-28-12-9-10-19-44-36(7)15-17-39(18-16-36)33-31(32(34(41)42)46-35(4,5)6)25(3)37-30-21-27(38-40(30)33)23-43-22-26-14-13-24(2)20-29(26)45-28/h13-14,20-21,28,32H,8-12,15-19,22-23H2,1-7H3,(H,41,42)/t28?,32-/m0/s1. The number of aryl methyl sites for hydroxylation is 2. The Morgan fingerprint density at radius 1 is 1.15 bits per heavy atom. The van der Waals surface area contributed by atoms with Crippen molar-refractivity contribution in [2.24, 2.45) is 0 Å². The van der Waals surface area contributed by atoms with Gasteiger partial charge in [-0.1, -0.05) is 25.5 Å². The van der Waals surface area contributed by atoms with Crippen LogP contribution in [-0.2, 0) is 32.2 Å². The van der Waals surface area contributed by atoms with Gasteiger partial charge in [0.25, 0.3) is 0 Å². The number of carboxylic acids is 1. The van der Waals surface area contributed by atoms with Gasteiger partial charge in [-0.2, -0.15) is 9.61 Å². The summed E-state index contributed by atoms with van der Waals surface area (Å²) in [6, 6.07) is 8.19. The van der Waals surface area contributed by atoms with Crippen LogP contribution in [0.2, 0.25) is 0 Å². The van der Waals surface area contributed by atoms with E-state index in [1.807, 2.05) is 33.8 Å². The van der Waals surface area contributed by atoms with E-state index >= 15 is 0 Å². The van der Waals surface area contributed by atoms with Crippen LogP contribution in [0, 0.1) is 13.8 Å². The van der Waals surface area contributed by atoms with E-state index in [1.165, 1.54) is 0 Å². The third-order valence-corrected chi connectivity index (χ3v) is 8.94. The summed E-state index contributed by atoms with van der Waals surface area (Å²) in [4.78, 5) is 19.8. The second-order valence-electron chi connectivity index (χ2n) is 14.2. The second kappa shape index (κ2) is 14.3. The lowest BCUT2D eigenvalue weighted by Crippen LogP contribution is -2.46. The molecule has 3 aliphatic heterocycles. The molecule has 2 aromatic heterocycles. The predicted molar refractivity (Wildman–Crippen MR) is 178 cm³/mol. The summed E-state index contributed by atoms with van der Waals surface area (Å²) >= 11 is 0. The van der Waals surface area contributed by atoms with Gasteiger partial charge in [-0.15, -0.1) is 0 Å². The molecule has 4 bridgehead atoms. The summed E-state index contributed by atoms with van der Waals surface area (Å²) in [7, 11) is 0. The summed E-state index contributed by atoms with van der Waals surface area (Å²) in [5, 5.41) is 15.3. The summed E-state index contributed by atoms with van der Waals surface area (Å²) in [6.45, 7) is 16.7. The lowest BCUT2D eigenvalue weighted by Gasteiger charge is -2.41. The number of carbonyl (C=O) groups is 1. The Balaban J connectivity index is 1.54. The number of piperidine rings is 1. The largest absolute Gasteiger partial charge is 0.490 e. The summed E-state index contributed by atoms with van der Waals surface area (Å²) in [6.07, 6.45) is 5.61. The molecule has 1 N–H and O–H groups in total. The van der Waals surface area contributed by atoms with E-state index in [0.29, 0.717) is 54.7 Å². The highest BCUT2D eigenvalue weighted by Crippen LogP contribution is 2.38. The van der Waals surface area contributed by atoms with Gasteiger partial charge in [0.05, 0.1) is 41.8 Å². The average molecular weight is 637 g/mol. The van der Waals surface area contributed by atoms with Gasteiger partial charge in [0.15, 0.2) is 11.8 Å². The van der Waals surface area contributed by atoms with Crippen molar-refractivity contribution in [1.82, 2.24) is 14.6 Å². The number of nitrogens with zero attached hydrogens (tertiary/aromatic N) is 4. The van der Waals surface area contributed by atoms with E-state index in [1.54, 1.807) is 4.52 Å². The number of rotatable bonds is 5. The highest BCUT2D eigenvalue weighted by Gasteiger charge is 2.37. The van der Waals surface area contributed by atoms with E-state index in [9.17, 15) is 9.90 Å². The van der Waals surface area contributed by atoms with Crippen molar-refractivity contribution < 1.29 is 28.8 Å². The Morgan fingerprint density at radius 3 is 2.61 bits per heavy atom. The molecule has 5 heterocycles. The Kier molecular flexibility index (Phi) is 10.6. The van der Waals surface area contributed by atoms with Crippen LogP contribution in [0.5, 0.6) is 5.75 Å². The molecule has 252 valence electrons. The molecule has 3 aliphatic rings. The molecule has 1 saturated heterocycles. The number of fused-ring (bicyclic) bond motifs is 10. The number of ether oxygens (including phenoxy) is 4. The zero-order valence-corrected chi connectivity index (χ0v) is 28.7. The fourth-order valence-electron chi connectivity index (χ4n) is 6.48. The van der Waals surface area contributed by atoms with Crippen molar-refractivity contribution in [3.63, 3.8) is 0 Å². The van der Waals surface area contributed by atoms with E-state index in [0.717, 1.165) is 61.8 Å². The summed E-state index contributed by atoms with van der Waals surface area (Å²) < 4.78 is 27.3. The number of hydrogen-bond acceptors (Lipinski definition) is 8. The molecule has 3 aromatic rings. The minimum atomic E-state index is -1.21. The van der Waals surface area contributed by atoms with Gasteiger partial charge in [0, 0.05) is 37.0 Å². The first-order chi connectivity index (χ1) is 21.9. The van der Waals surface area contributed by atoms with Gasteiger partial charge >= 0.3 is 5.97 Å². The molecule has 46 heavy (non-hydrogen) atoms. The third-order valence-electron chi connectivity index (χ3n) is 8.94. The van der Waals surface area contributed by atoms with Crippen LogP contribution in [0.25, 0.3) is 5.65 Å². The first kappa shape index (κ1) is 34.1. The monoisotopic (exact) mass is 636 g/mol. The van der Waals surface area contributed by atoms with Crippen molar-refractivity contribution in [3.8, 4) is 5.75 Å². The van der Waals surface area contributed by atoms with Crippen molar-refractivity contribution in [2.75, 3.05) is 24.6 Å². The van der Waals surface area contributed by atoms with Gasteiger partial charge in [-0.25, -0.2) is 9.78 Å². The van der Waals surface area contributed by atoms with Crippen molar-refractivity contribution in [3.05, 3.63) is 52.3 Å². The molecule has 6 rings (SSSR count). The van der Waals surface area contributed by atoms with Gasteiger partial charge in [0.1, 0.15) is 11.6 Å². The lowest BCUT2D eigenvalue weighted by molar-refractivity contribution is -0.160. The Labute approximate surface area is 273 Å². The number of aliphatic carboxylic acids is 1. The first-order valence-corrected chi connectivity index (χ1v) is 16.9. The van der Waals surface area contributed by atoms with Crippen LogP contribution in [0.1, 0.15) is 114 Å². The van der Waals surface area contributed by atoms with Crippen LogP contribution in [0.3, 0.4) is 0 Å². The summed E-state index contributed by atoms with van der Waals surface area (Å²) in [5.41, 5.74) is 3.71. The minimum Gasteiger partial charge on any atom is -0.490 e. The molecule has 1 fully saturated rings. The van der Waals surface area contributed by atoms with Gasteiger partial charge in [-0.05, 0) is 91.7 Å². The maximum Gasteiger partial charge on any atom is 0.337 e. The number of aromatic nitrogens is 3. The Hall–Kier alpha value is -3.21. The molecule has 0 amide bonds. The van der Waals surface area contributed by atoms with Crippen molar-refractivity contribution in [2.45, 2.75) is 130 Å². The minimum absolute atomic E-state index is 0.146. The van der Waals surface area contributed by atoms with Crippen LogP contribution in [-0.4, -0.2) is 62.7 Å². The molecule has 10 heteroatoms. The summed E-state index contributed by atoms with van der Waals surface area (Å²) in [5.74, 6) is 0.526. The number of hydrogen-bond donors (Lipinski definition) is 1. The topological polar surface area (TPSA) is 108 Å². The highest BCUT2D eigenvalue weighted by atomic mass is 16.5. The molecule has 0 aliphatic carbocycles. The average Bonchev–Trinajstić information content (AvgIpc) is 3.38. The molecule has 0 radical (unpaired) electrons. The fraction of sp³-hybridized carbons (Fsp3) is 0.639. The van der Waals surface area contributed by atoms with Gasteiger partial charge in [-0.3, -0.25) is 0 Å². The molecular formula is C36H52N4O6. The van der Waals surface area contributed by atoms with Crippen LogP contribution >= 0.6 is 0 Å². The van der Waals surface area contributed by atoms with E-state index in [4.69, 9.17) is 29.0 Å². The molecule has 0 spiro atoms. The molecule has 10 nitrogen and oxygen atoms in total. The molecule has 1 aromatic carbocycles. The first-order valence-electron chi connectivity index (χ1n) is 16.9. The van der Waals surface area contributed by atoms with E-state index in [-0.39, 0.29) is 18.3 Å². The molecule has 2 atom stereocenters. The quantitative estimate of drug-likeness (QED) is 0.313. The highest BCUT2D eigenvalue weighted by molar-refractivity contribution is 5.78. The zero-order chi connectivity index (χ0) is 33.1. The molecule has 0 saturated carbocycles. The number of anilines is 1. The van der Waals surface area contributed by atoms with Gasteiger partial charge in [0.2, 0.25) is 0 Å². The number of benzene rings is 1. The molecular weight excluding hydrogens is 584 g/mol. The fourth-order valence-corrected chi connectivity index (χ4v) is 6.48. The third kappa shape index (κ3) is 8.19. The number of carboxylic acid groups (broad SMARTS) is 1. The van der Waals surface area contributed by atoms with Crippen molar-refractivity contribution >= 4 is 17.4 Å². The van der Waals surface area contributed by atoms with Crippen LogP contribution in [0.15, 0.2) is 24.3 Å². The van der Waals surface area contributed by atoms with Crippen molar-refractivity contribution in [1.29, 1.82) is 0 Å². The van der Waals surface area contributed by atoms with Crippen LogP contribution in [0.4, 0.5) is 5.82 Å². The maximum absolute atomic E-state index is 12.7. The Morgan fingerprint density at radius 2 is 1.91 bits per heavy atom. The van der Waals surface area contributed by atoms with E-state index < -0.39 is 17.7 Å². The molecule has 1 unspecified atom stereocenters. The SMILES string of the molecule is CCCC1CCCCOC2(C)CCN(CC2)c2c([C@H](OC(C)(C)C)C(=O)O)c(C)nc3cc(nn23)COCc2ccc(C)cc2O1. The normalized spacial score (nSPS) is 22.4. The Bertz CT molecular complexity index is 1500.